The van der Waals surface area contributed by atoms with Crippen molar-refractivity contribution in [1.82, 2.24) is 19.3 Å². The minimum Gasteiger partial charge on any atom is -0.463 e. The third-order valence-corrected chi connectivity index (χ3v) is 4.80. The largest absolute Gasteiger partial charge is 0.463 e. The van der Waals surface area contributed by atoms with E-state index in [0.29, 0.717) is 21.5 Å². The number of aryl methyl sites for hydroxylation is 1. The van der Waals surface area contributed by atoms with E-state index in [4.69, 9.17) is 9.47 Å². The molecule has 0 aliphatic rings. The van der Waals surface area contributed by atoms with Gasteiger partial charge in [0.1, 0.15) is 17.0 Å². The van der Waals surface area contributed by atoms with Crippen LogP contribution in [0.15, 0.2) is 35.4 Å². The van der Waals surface area contributed by atoms with Crippen molar-refractivity contribution in [1.29, 1.82) is 0 Å². The molecule has 0 atom stereocenters. The Morgan fingerprint density at radius 2 is 2.04 bits per heavy atom. The molecule has 0 bridgehead atoms. The summed E-state index contributed by atoms with van der Waals surface area (Å²) in [6.45, 7) is 3.00. The highest BCUT2D eigenvalue weighted by molar-refractivity contribution is 7.16. The summed E-state index contributed by atoms with van der Waals surface area (Å²) < 4.78 is 24.4. The van der Waals surface area contributed by atoms with Gasteiger partial charge in [-0.1, -0.05) is 23.5 Å². The summed E-state index contributed by atoms with van der Waals surface area (Å²) in [5.74, 6) is -0.0568. The SMILES string of the molecule is CCOC(=O)c1sc(-n2cnn(Cc3ccc(OCF)cc3)c2=O)nc1C. The Morgan fingerprint density at radius 1 is 1.30 bits per heavy atom. The van der Waals surface area contributed by atoms with Gasteiger partial charge in [-0.05, 0) is 31.5 Å². The average molecular weight is 392 g/mol. The van der Waals surface area contributed by atoms with Crippen LogP contribution in [0.25, 0.3) is 5.13 Å². The second-order valence-electron chi connectivity index (χ2n) is 5.47. The monoisotopic (exact) mass is 392 g/mol. The molecule has 0 spiro atoms. The third-order valence-electron chi connectivity index (χ3n) is 3.66. The van der Waals surface area contributed by atoms with Crippen molar-refractivity contribution in [3.63, 3.8) is 0 Å². The van der Waals surface area contributed by atoms with Crippen LogP contribution in [0.2, 0.25) is 0 Å². The van der Waals surface area contributed by atoms with E-state index in [9.17, 15) is 14.0 Å². The number of carbonyl (C=O) groups excluding carboxylic acids is 1. The number of carbonyl (C=O) groups is 1. The van der Waals surface area contributed by atoms with Crippen LogP contribution in [0, 0.1) is 6.92 Å². The molecule has 2 heterocycles. The smallest absolute Gasteiger partial charge is 0.352 e. The van der Waals surface area contributed by atoms with Crippen molar-refractivity contribution in [3.8, 4) is 10.9 Å². The van der Waals surface area contributed by atoms with Crippen molar-refractivity contribution in [3.05, 3.63) is 57.2 Å². The van der Waals surface area contributed by atoms with Crippen molar-refractivity contribution in [2.24, 2.45) is 0 Å². The fraction of sp³-hybridized carbons (Fsp3) is 0.294. The number of esters is 1. The molecule has 0 radical (unpaired) electrons. The molecule has 3 aromatic rings. The van der Waals surface area contributed by atoms with Crippen LogP contribution in [-0.2, 0) is 11.3 Å². The van der Waals surface area contributed by atoms with Crippen LogP contribution >= 0.6 is 11.3 Å². The Kier molecular flexibility index (Phi) is 5.65. The summed E-state index contributed by atoms with van der Waals surface area (Å²) in [6, 6.07) is 6.69. The first-order chi connectivity index (χ1) is 13.0. The first-order valence-corrected chi connectivity index (χ1v) is 8.92. The summed E-state index contributed by atoms with van der Waals surface area (Å²) in [5.41, 5.74) is 0.913. The standard InChI is InChI=1S/C17H17FN4O4S/c1-3-25-15(23)14-11(2)20-16(27-14)21-10-19-22(17(21)24)8-12-4-6-13(7-5-12)26-9-18/h4-7,10H,3,8-9H2,1-2H3. The van der Waals surface area contributed by atoms with Crippen LogP contribution in [0.4, 0.5) is 4.39 Å². The van der Waals surface area contributed by atoms with E-state index in [2.05, 4.69) is 10.1 Å². The first kappa shape index (κ1) is 18.8. The maximum absolute atomic E-state index is 12.6. The summed E-state index contributed by atoms with van der Waals surface area (Å²) >= 11 is 1.07. The Hall–Kier alpha value is -3.01. The molecule has 0 amide bonds. The summed E-state index contributed by atoms with van der Waals surface area (Å²) in [4.78, 5) is 29.1. The number of alkyl halides is 1. The lowest BCUT2D eigenvalue weighted by Gasteiger charge is -2.03. The molecule has 0 saturated heterocycles. The number of thiazole rings is 1. The molecule has 0 N–H and O–H groups in total. The quantitative estimate of drug-likeness (QED) is 0.574. The minimum absolute atomic E-state index is 0.233. The highest BCUT2D eigenvalue weighted by atomic mass is 32.1. The molecule has 0 aliphatic carbocycles. The maximum Gasteiger partial charge on any atom is 0.352 e. The highest BCUT2D eigenvalue weighted by Gasteiger charge is 2.19. The van der Waals surface area contributed by atoms with Crippen LogP contribution < -0.4 is 10.4 Å². The van der Waals surface area contributed by atoms with Gasteiger partial charge in [0.2, 0.25) is 6.86 Å². The molecule has 27 heavy (non-hydrogen) atoms. The van der Waals surface area contributed by atoms with Crippen molar-refractivity contribution >= 4 is 17.3 Å². The Labute approximate surface area is 157 Å². The molecular formula is C17H17FN4O4S. The van der Waals surface area contributed by atoms with E-state index in [1.165, 1.54) is 15.6 Å². The summed E-state index contributed by atoms with van der Waals surface area (Å²) in [7, 11) is 0. The van der Waals surface area contributed by atoms with Crippen LogP contribution in [0.5, 0.6) is 5.75 Å². The minimum atomic E-state index is -0.899. The van der Waals surface area contributed by atoms with Gasteiger partial charge >= 0.3 is 11.7 Å². The molecule has 142 valence electrons. The molecular weight excluding hydrogens is 375 g/mol. The van der Waals surface area contributed by atoms with E-state index in [1.807, 2.05) is 0 Å². The van der Waals surface area contributed by atoms with Gasteiger partial charge in [0.05, 0.1) is 18.8 Å². The highest BCUT2D eigenvalue weighted by Crippen LogP contribution is 2.21. The van der Waals surface area contributed by atoms with Gasteiger partial charge in [-0.15, -0.1) is 0 Å². The van der Waals surface area contributed by atoms with E-state index in [-0.39, 0.29) is 18.8 Å². The number of nitrogens with zero attached hydrogens (tertiary/aromatic N) is 4. The van der Waals surface area contributed by atoms with Crippen LogP contribution in [0.3, 0.4) is 0 Å². The number of rotatable bonds is 7. The van der Waals surface area contributed by atoms with E-state index < -0.39 is 12.8 Å². The maximum atomic E-state index is 12.6. The third kappa shape index (κ3) is 4.05. The predicted molar refractivity (Wildman–Crippen MR) is 96.3 cm³/mol. The van der Waals surface area contributed by atoms with Gasteiger partial charge in [0, 0.05) is 0 Å². The van der Waals surface area contributed by atoms with Gasteiger partial charge in [-0.2, -0.15) is 5.10 Å². The Morgan fingerprint density at radius 3 is 2.70 bits per heavy atom. The van der Waals surface area contributed by atoms with Gasteiger partial charge in [0.15, 0.2) is 5.13 Å². The van der Waals surface area contributed by atoms with E-state index in [1.54, 1.807) is 38.1 Å². The van der Waals surface area contributed by atoms with Crippen molar-refractivity contribution < 1.29 is 18.7 Å². The number of aromatic nitrogens is 4. The van der Waals surface area contributed by atoms with E-state index >= 15 is 0 Å². The van der Waals surface area contributed by atoms with Gasteiger partial charge < -0.3 is 9.47 Å². The van der Waals surface area contributed by atoms with Crippen molar-refractivity contribution in [2.75, 3.05) is 13.5 Å². The molecule has 3 rings (SSSR count). The lowest BCUT2D eigenvalue weighted by molar-refractivity contribution is 0.0531. The second-order valence-corrected chi connectivity index (χ2v) is 6.45. The molecule has 1 aromatic carbocycles. The zero-order valence-corrected chi connectivity index (χ0v) is 15.5. The normalized spacial score (nSPS) is 10.8. The zero-order chi connectivity index (χ0) is 19.4. The number of benzene rings is 1. The first-order valence-electron chi connectivity index (χ1n) is 8.10. The van der Waals surface area contributed by atoms with Gasteiger partial charge in [-0.25, -0.2) is 28.2 Å². The van der Waals surface area contributed by atoms with Crippen molar-refractivity contribution in [2.45, 2.75) is 20.4 Å². The number of hydrogen-bond donors (Lipinski definition) is 0. The zero-order valence-electron chi connectivity index (χ0n) is 14.7. The summed E-state index contributed by atoms with van der Waals surface area (Å²) in [6.07, 6.45) is 1.36. The molecule has 2 aromatic heterocycles. The topological polar surface area (TPSA) is 88.2 Å². The predicted octanol–water partition coefficient (Wildman–Crippen LogP) is 2.33. The molecule has 10 heteroatoms. The lowest BCUT2D eigenvalue weighted by atomic mass is 10.2. The lowest BCUT2D eigenvalue weighted by Crippen LogP contribution is -2.24. The van der Waals surface area contributed by atoms with Crippen LogP contribution in [-0.4, -0.2) is 38.8 Å². The number of ether oxygens (including phenoxy) is 2. The van der Waals surface area contributed by atoms with Gasteiger partial charge in [-0.3, -0.25) is 0 Å². The van der Waals surface area contributed by atoms with Crippen LogP contribution in [0.1, 0.15) is 27.9 Å². The number of hydrogen-bond acceptors (Lipinski definition) is 7. The fourth-order valence-corrected chi connectivity index (χ4v) is 3.30. The number of halogens is 1. The average Bonchev–Trinajstić information content (AvgIpc) is 3.20. The summed E-state index contributed by atoms with van der Waals surface area (Å²) in [5, 5.41) is 4.44. The molecule has 0 unspecified atom stereocenters. The fourth-order valence-electron chi connectivity index (χ4n) is 2.38. The second kappa shape index (κ2) is 8.12. The molecule has 0 fully saturated rings. The molecule has 0 aliphatic heterocycles. The van der Waals surface area contributed by atoms with E-state index in [0.717, 1.165) is 16.9 Å². The molecule has 8 nitrogen and oxygen atoms in total. The Bertz CT molecular complexity index is 993. The molecule has 0 saturated carbocycles. The Balaban J connectivity index is 1.82. The van der Waals surface area contributed by atoms with Gasteiger partial charge in [0.25, 0.3) is 0 Å².